The highest BCUT2D eigenvalue weighted by atomic mass is 16.2. The van der Waals surface area contributed by atoms with Crippen LogP contribution in [0.15, 0.2) is 12.1 Å². The lowest BCUT2D eigenvalue weighted by Crippen LogP contribution is -2.37. The second kappa shape index (κ2) is 6.03. The quantitative estimate of drug-likeness (QED) is 0.813. The highest BCUT2D eigenvalue weighted by Crippen LogP contribution is 2.33. The molecule has 1 aliphatic heterocycles. The van der Waals surface area contributed by atoms with Gasteiger partial charge in [0.1, 0.15) is 0 Å². The Hall–Kier alpha value is -2.24. The van der Waals surface area contributed by atoms with Crippen molar-refractivity contribution in [3.8, 4) is 0 Å². The van der Waals surface area contributed by atoms with Gasteiger partial charge in [0.2, 0.25) is 11.8 Å². The van der Waals surface area contributed by atoms with Crippen LogP contribution >= 0.6 is 0 Å². The van der Waals surface area contributed by atoms with Crippen molar-refractivity contribution in [2.75, 3.05) is 43.1 Å². The third-order valence-electron chi connectivity index (χ3n) is 3.70. The molecular formula is C15H22N4O2. The first-order valence-electron chi connectivity index (χ1n) is 7.09. The summed E-state index contributed by atoms with van der Waals surface area (Å²) >= 11 is 0. The minimum absolute atomic E-state index is 0.0183. The summed E-state index contributed by atoms with van der Waals surface area (Å²) in [5.41, 5.74) is 9.37. The molecule has 0 fully saturated rings. The number of hydrogen-bond acceptors (Lipinski definition) is 4. The fourth-order valence-corrected chi connectivity index (χ4v) is 2.38. The van der Waals surface area contributed by atoms with Crippen molar-refractivity contribution in [2.45, 2.75) is 19.8 Å². The van der Waals surface area contributed by atoms with Crippen LogP contribution in [-0.4, -0.2) is 43.9 Å². The van der Waals surface area contributed by atoms with Crippen molar-refractivity contribution >= 4 is 28.9 Å². The van der Waals surface area contributed by atoms with Crippen LogP contribution in [-0.2, 0) is 16.0 Å². The largest absolute Gasteiger partial charge is 0.397 e. The third kappa shape index (κ3) is 3.26. The molecule has 2 rings (SSSR count). The molecule has 0 saturated heterocycles. The molecular weight excluding hydrogens is 268 g/mol. The fraction of sp³-hybridized carbons (Fsp3) is 0.467. The molecule has 1 heterocycles. The van der Waals surface area contributed by atoms with E-state index < -0.39 is 0 Å². The number of rotatable bonds is 4. The van der Waals surface area contributed by atoms with E-state index in [0.717, 1.165) is 16.9 Å². The van der Waals surface area contributed by atoms with E-state index in [4.69, 9.17) is 5.73 Å². The molecule has 0 aliphatic carbocycles. The maximum absolute atomic E-state index is 11.9. The molecule has 0 radical (unpaired) electrons. The lowest BCUT2D eigenvalue weighted by Gasteiger charge is -2.28. The number of carbonyl (C=O) groups is 2. The normalized spacial score (nSPS) is 13.4. The molecule has 1 aromatic carbocycles. The molecule has 0 aromatic heterocycles. The van der Waals surface area contributed by atoms with Crippen LogP contribution in [0.5, 0.6) is 0 Å². The van der Waals surface area contributed by atoms with Gasteiger partial charge in [-0.05, 0) is 31.0 Å². The van der Waals surface area contributed by atoms with Crippen LogP contribution in [0.2, 0.25) is 0 Å². The van der Waals surface area contributed by atoms with Gasteiger partial charge in [0.25, 0.3) is 0 Å². The average molecular weight is 290 g/mol. The highest BCUT2D eigenvalue weighted by Gasteiger charge is 2.20. The Morgan fingerprint density at radius 2 is 2.05 bits per heavy atom. The van der Waals surface area contributed by atoms with Crippen LogP contribution < -0.4 is 16.0 Å². The number of anilines is 3. The fourth-order valence-electron chi connectivity index (χ4n) is 2.38. The number of benzene rings is 1. The van der Waals surface area contributed by atoms with Crippen LogP contribution in [0.1, 0.15) is 18.9 Å². The molecule has 0 bridgehead atoms. The van der Waals surface area contributed by atoms with Crippen molar-refractivity contribution in [3.63, 3.8) is 0 Å². The summed E-state index contributed by atoms with van der Waals surface area (Å²) in [4.78, 5) is 26.9. The number of hydrogen-bond donors (Lipinski definition) is 2. The average Bonchev–Trinajstić information content (AvgIpc) is 2.43. The van der Waals surface area contributed by atoms with Crippen LogP contribution in [0.4, 0.5) is 17.1 Å². The SMILES string of the molecule is CCN(CC(=O)N(C)C)c1cc2c(cc1N)NC(=O)CC2. The molecule has 1 aromatic rings. The first-order chi connectivity index (χ1) is 9.92. The smallest absolute Gasteiger partial charge is 0.241 e. The summed E-state index contributed by atoms with van der Waals surface area (Å²) in [5.74, 6) is 0.0482. The van der Waals surface area contributed by atoms with Gasteiger partial charge in [-0.3, -0.25) is 9.59 Å². The second-order valence-electron chi connectivity index (χ2n) is 5.42. The van der Waals surface area contributed by atoms with E-state index in [0.29, 0.717) is 31.6 Å². The minimum atomic E-state index is 0.0183. The molecule has 2 amide bonds. The first-order valence-corrected chi connectivity index (χ1v) is 7.09. The van der Waals surface area contributed by atoms with E-state index in [9.17, 15) is 9.59 Å². The van der Waals surface area contributed by atoms with Gasteiger partial charge in [0, 0.05) is 32.7 Å². The predicted molar refractivity (Wildman–Crippen MR) is 84.4 cm³/mol. The van der Waals surface area contributed by atoms with E-state index in [1.165, 1.54) is 0 Å². The van der Waals surface area contributed by atoms with Crippen LogP contribution in [0.25, 0.3) is 0 Å². The van der Waals surface area contributed by atoms with E-state index in [1.54, 1.807) is 25.1 Å². The molecule has 0 spiro atoms. The lowest BCUT2D eigenvalue weighted by molar-refractivity contribution is -0.127. The highest BCUT2D eigenvalue weighted by molar-refractivity contribution is 5.96. The molecule has 114 valence electrons. The van der Waals surface area contributed by atoms with Gasteiger partial charge in [-0.25, -0.2) is 0 Å². The Bertz CT molecular complexity index is 569. The number of likely N-dealkylation sites (N-methyl/N-ethyl adjacent to an activating group) is 2. The summed E-state index contributed by atoms with van der Waals surface area (Å²) in [6.45, 7) is 2.97. The van der Waals surface area contributed by atoms with E-state index in [2.05, 4.69) is 5.32 Å². The number of carbonyl (C=O) groups excluding carboxylic acids is 2. The number of aryl methyl sites for hydroxylation is 1. The monoisotopic (exact) mass is 290 g/mol. The maximum atomic E-state index is 11.9. The molecule has 6 heteroatoms. The Labute approximate surface area is 124 Å². The standard InChI is InChI=1S/C15H22N4O2/c1-4-19(9-15(21)18(2)3)13-7-10-5-6-14(20)17-12(10)8-11(13)16/h7-8H,4-6,9,16H2,1-3H3,(H,17,20). The predicted octanol–water partition coefficient (Wildman–Crippen LogP) is 1.07. The minimum Gasteiger partial charge on any atom is -0.397 e. The zero-order chi connectivity index (χ0) is 15.6. The van der Waals surface area contributed by atoms with Gasteiger partial charge in [-0.1, -0.05) is 0 Å². The Morgan fingerprint density at radius 1 is 1.33 bits per heavy atom. The van der Waals surface area contributed by atoms with E-state index in [-0.39, 0.29) is 11.8 Å². The molecule has 0 saturated carbocycles. The van der Waals surface area contributed by atoms with Crippen LogP contribution in [0.3, 0.4) is 0 Å². The van der Waals surface area contributed by atoms with Crippen molar-refractivity contribution in [2.24, 2.45) is 0 Å². The van der Waals surface area contributed by atoms with Gasteiger partial charge < -0.3 is 20.9 Å². The zero-order valence-corrected chi connectivity index (χ0v) is 12.8. The van der Waals surface area contributed by atoms with Gasteiger partial charge in [-0.15, -0.1) is 0 Å². The Balaban J connectivity index is 2.29. The number of amides is 2. The van der Waals surface area contributed by atoms with Crippen molar-refractivity contribution < 1.29 is 9.59 Å². The summed E-state index contributed by atoms with van der Waals surface area (Å²) in [6, 6.07) is 3.76. The van der Waals surface area contributed by atoms with Crippen molar-refractivity contribution in [3.05, 3.63) is 17.7 Å². The molecule has 3 N–H and O–H groups in total. The zero-order valence-electron chi connectivity index (χ0n) is 12.8. The van der Waals surface area contributed by atoms with Crippen molar-refractivity contribution in [1.82, 2.24) is 4.90 Å². The van der Waals surface area contributed by atoms with E-state index >= 15 is 0 Å². The molecule has 0 atom stereocenters. The number of nitrogens with one attached hydrogen (secondary N) is 1. The van der Waals surface area contributed by atoms with E-state index in [1.807, 2.05) is 17.9 Å². The van der Waals surface area contributed by atoms with Gasteiger partial charge in [0.05, 0.1) is 17.9 Å². The Morgan fingerprint density at radius 3 is 2.67 bits per heavy atom. The third-order valence-corrected chi connectivity index (χ3v) is 3.70. The van der Waals surface area contributed by atoms with Crippen molar-refractivity contribution in [1.29, 1.82) is 0 Å². The Kier molecular flexibility index (Phi) is 4.35. The first kappa shape index (κ1) is 15.2. The summed E-state index contributed by atoms with van der Waals surface area (Å²) in [7, 11) is 3.48. The number of nitrogens with two attached hydrogens (primary N) is 1. The topological polar surface area (TPSA) is 78.7 Å². The van der Waals surface area contributed by atoms with Gasteiger partial charge >= 0.3 is 0 Å². The molecule has 6 nitrogen and oxygen atoms in total. The molecule has 1 aliphatic rings. The number of fused-ring (bicyclic) bond motifs is 1. The maximum Gasteiger partial charge on any atom is 0.241 e. The second-order valence-corrected chi connectivity index (χ2v) is 5.42. The van der Waals surface area contributed by atoms with Gasteiger partial charge in [-0.2, -0.15) is 0 Å². The van der Waals surface area contributed by atoms with Crippen LogP contribution in [0, 0.1) is 0 Å². The lowest BCUT2D eigenvalue weighted by atomic mass is 10.0. The number of nitrogens with zero attached hydrogens (tertiary/aromatic N) is 2. The molecule has 21 heavy (non-hydrogen) atoms. The number of nitrogen functional groups attached to an aromatic ring is 1. The summed E-state index contributed by atoms with van der Waals surface area (Å²) in [6.07, 6.45) is 1.19. The summed E-state index contributed by atoms with van der Waals surface area (Å²) < 4.78 is 0. The molecule has 0 unspecified atom stereocenters. The summed E-state index contributed by atoms with van der Waals surface area (Å²) in [5, 5.41) is 2.83. The van der Waals surface area contributed by atoms with Gasteiger partial charge in [0.15, 0.2) is 0 Å².